The standard InChI is InChI=1S/C16H14BrN3/c17-12-6-8-16(19-10-12)14(18)9-13-7-5-11-3-1-2-4-15(11)20-13/h1-8,10,14H,9,18H2. The summed E-state index contributed by atoms with van der Waals surface area (Å²) < 4.78 is 0.956. The van der Waals surface area contributed by atoms with Gasteiger partial charge in [-0.15, -0.1) is 0 Å². The molecule has 0 aliphatic heterocycles. The molecule has 4 heteroatoms. The van der Waals surface area contributed by atoms with Crippen molar-refractivity contribution in [2.75, 3.05) is 0 Å². The summed E-state index contributed by atoms with van der Waals surface area (Å²) in [6.45, 7) is 0. The lowest BCUT2D eigenvalue weighted by Gasteiger charge is -2.11. The molecule has 20 heavy (non-hydrogen) atoms. The van der Waals surface area contributed by atoms with Gasteiger partial charge in [-0.1, -0.05) is 24.3 Å². The molecule has 2 heterocycles. The van der Waals surface area contributed by atoms with Crippen LogP contribution in [-0.2, 0) is 6.42 Å². The number of hydrogen-bond donors (Lipinski definition) is 1. The highest BCUT2D eigenvalue weighted by Crippen LogP contribution is 2.18. The van der Waals surface area contributed by atoms with Gasteiger partial charge in [-0.3, -0.25) is 9.97 Å². The monoisotopic (exact) mass is 327 g/mol. The van der Waals surface area contributed by atoms with Gasteiger partial charge in [0.2, 0.25) is 0 Å². The number of para-hydroxylation sites is 1. The first-order chi connectivity index (χ1) is 9.72. The molecular formula is C16H14BrN3. The van der Waals surface area contributed by atoms with E-state index in [1.807, 2.05) is 36.4 Å². The second-order valence-electron chi connectivity index (χ2n) is 4.71. The first kappa shape index (κ1) is 13.2. The van der Waals surface area contributed by atoms with Gasteiger partial charge < -0.3 is 5.73 Å². The summed E-state index contributed by atoms with van der Waals surface area (Å²) in [6.07, 6.45) is 2.45. The van der Waals surface area contributed by atoms with E-state index in [1.54, 1.807) is 6.20 Å². The molecular weight excluding hydrogens is 314 g/mol. The summed E-state index contributed by atoms with van der Waals surface area (Å²) in [5.41, 5.74) is 9.07. The lowest BCUT2D eigenvalue weighted by atomic mass is 10.1. The topological polar surface area (TPSA) is 51.8 Å². The van der Waals surface area contributed by atoms with Crippen LogP contribution in [0, 0.1) is 0 Å². The van der Waals surface area contributed by atoms with Crippen molar-refractivity contribution in [1.82, 2.24) is 9.97 Å². The predicted octanol–water partition coefficient (Wildman–Crippen LogP) is 3.63. The van der Waals surface area contributed by atoms with Gasteiger partial charge in [-0.25, -0.2) is 0 Å². The molecule has 0 aliphatic carbocycles. The third-order valence-electron chi connectivity index (χ3n) is 3.22. The summed E-state index contributed by atoms with van der Waals surface area (Å²) in [5.74, 6) is 0. The predicted molar refractivity (Wildman–Crippen MR) is 84.3 cm³/mol. The maximum atomic E-state index is 6.20. The van der Waals surface area contributed by atoms with Crippen LogP contribution >= 0.6 is 15.9 Å². The number of nitrogens with zero attached hydrogens (tertiary/aromatic N) is 2. The summed E-state index contributed by atoms with van der Waals surface area (Å²) in [4.78, 5) is 8.98. The van der Waals surface area contributed by atoms with E-state index < -0.39 is 0 Å². The van der Waals surface area contributed by atoms with E-state index in [-0.39, 0.29) is 6.04 Å². The van der Waals surface area contributed by atoms with Crippen LogP contribution in [0.3, 0.4) is 0 Å². The maximum Gasteiger partial charge on any atom is 0.0705 e. The van der Waals surface area contributed by atoms with Crippen LogP contribution in [0.4, 0.5) is 0 Å². The van der Waals surface area contributed by atoms with Crippen molar-refractivity contribution in [2.45, 2.75) is 12.5 Å². The Labute approximate surface area is 126 Å². The van der Waals surface area contributed by atoms with Crippen LogP contribution in [0.1, 0.15) is 17.4 Å². The molecule has 0 spiro atoms. The Bertz CT molecular complexity index is 725. The van der Waals surface area contributed by atoms with E-state index >= 15 is 0 Å². The number of benzene rings is 1. The highest BCUT2D eigenvalue weighted by Gasteiger charge is 2.09. The van der Waals surface area contributed by atoms with Gasteiger partial charge in [-0.05, 0) is 40.2 Å². The van der Waals surface area contributed by atoms with Gasteiger partial charge in [0.15, 0.2) is 0 Å². The summed E-state index contributed by atoms with van der Waals surface area (Å²) >= 11 is 3.37. The largest absolute Gasteiger partial charge is 0.322 e. The normalized spacial score (nSPS) is 12.5. The van der Waals surface area contributed by atoms with Crippen LogP contribution in [0.5, 0.6) is 0 Å². The first-order valence-electron chi connectivity index (χ1n) is 6.44. The quantitative estimate of drug-likeness (QED) is 0.799. The van der Waals surface area contributed by atoms with E-state index in [0.717, 1.165) is 26.8 Å². The van der Waals surface area contributed by atoms with Crippen molar-refractivity contribution < 1.29 is 0 Å². The highest BCUT2D eigenvalue weighted by molar-refractivity contribution is 9.10. The summed E-state index contributed by atoms with van der Waals surface area (Å²) in [5, 5.41) is 1.14. The number of rotatable bonds is 3. The Morgan fingerprint density at radius 1 is 1.05 bits per heavy atom. The van der Waals surface area contributed by atoms with Gasteiger partial charge in [0.1, 0.15) is 0 Å². The van der Waals surface area contributed by atoms with Crippen molar-refractivity contribution in [2.24, 2.45) is 5.73 Å². The van der Waals surface area contributed by atoms with Crippen molar-refractivity contribution >= 4 is 26.8 Å². The molecule has 0 amide bonds. The molecule has 3 aromatic rings. The lowest BCUT2D eigenvalue weighted by Crippen LogP contribution is -2.15. The van der Waals surface area contributed by atoms with Crippen LogP contribution in [0.15, 0.2) is 59.2 Å². The minimum absolute atomic E-state index is 0.142. The average molecular weight is 328 g/mol. The van der Waals surface area contributed by atoms with E-state index in [1.165, 1.54) is 0 Å². The molecule has 3 nitrogen and oxygen atoms in total. The fraction of sp³-hybridized carbons (Fsp3) is 0.125. The second kappa shape index (κ2) is 5.69. The number of nitrogens with two attached hydrogens (primary N) is 1. The molecule has 0 aliphatic rings. The van der Waals surface area contributed by atoms with Crippen molar-refractivity contribution in [3.8, 4) is 0 Å². The van der Waals surface area contributed by atoms with Gasteiger partial charge in [0, 0.05) is 28.2 Å². The second-order valence-corrected chi connectivity index (χ2v) is 5.62. The number of aromatic nitrogens is 2. The molecule has 0 radical (unpaired) electrons. The number of fused-ring (bicyclic) bond motifs is 1. The van der Waals surface area contributed by atoms with Crippen LogP contribution in [0.2, 0.25) is 0 Å². The Hall–Kier alpha value is -1.78. The zero-order chi connectivity index (χ0) is 13.9. The molecule has 2 aromatic heterocycles. The first-order valence-corrected chi connectivity index (χ1v) is 7.23. The van der Waals surface area contributed by atoms with Gasteiger partial charge in [-0.2, -0.15) is 0 Å². The van der Waals surface area contributed by atoms with Crippen molar-refractivity contribution in [3.63, 3.8) is 0 Å². The van der Waals surface area contributed by atoms with Crippen LogP contribution < -0.4 is 5.73 Å². The highest BCUT2D eigenvalue weighted by atomic mass is 79.9. The average Bonchev–Trinajstić information content (AvgIpc) is 2.48. The SMILES string of the molecule is NC(Cc1ccc2ccccc2n1)c1ccc(Br)cn1. The van der Waals surface area contributed by atoms with E-state index in [9.17, 15) is 0 Å². The smallest absolute Gasteiger partial charge is 0.0705 e. The zero-order valence-electron chi connectivity index (χ0n) is 10.8. The molecule has 0 saturated carbocycles. The van der Waals surface area contributed by atoms with Gasteiger partial charge >= 0.3 is 0 Å². The molecule has 1 atom stereocenters. The Kier molecular flexibility index (Phi) is 3.76. The molecule has 1 aromatic carbocycles. The fourth-order valence-electron chi connectivity index (χ4n) is 2.16. The third-order valence-corrected chi connectivity index (χ3v) is 3.68. The number of hydrogen-bond acceptors (Lipinski definition) is 3. The van der Waals surface area contributed by atoms with Gasteiger partial charge in [0.05, 0.1) is 17.3 Å². The molecule has 0 bridgehead atoms. The molecule has 100 valence electrons. The number of pyridine rings is 2. The minimum atomic E-state index is -0.142. The molecule has 1 unspecified atom stereocenters. The van der Waals surface area contributed by atoms with Crippen LogP contribution in [0.25, 0.3) is 10.9 Å². The molecule has 2 N–H and O–H groups in total. The summed E-state index contributed by atoms with van der Waals surface area (Å²) in [6, 6.07) is 15.9. The molecule has 0 saturated heterocycles. The molecule has 3 rings (SSSR count). The minimum Gasteiger partial charge on any atom is -0.322 e. The summed E-state index contributed by atoms with van der Waals surface area (Å²) in [7, 11) is 0. The van der Waals surface area contributed by atoms with E-state index in [0.29, 0.717) is 6.42 Å². The third kappa shape index (κ3) is 2.86. The zero-order valence-corrected chi connectivity index (χ0v) is 12.4. The van der Waals surface area contributed by atoms with Crippen molar-refractivity contribution in [3.05, 3.63) is 70.6 Å². The maximum absolute atomic E-state index is 6.20. The van der Waals surface area contributed by atoms with E-state index in [4.69, 9.17) is 5.73 Å². The fourth-order valence-corrected chi connectivity index (χ4v) is 2.39. The number of halogens is 1. The van der Waals surface area contributed by atoms with Crippen molar-refractivity contribution in [1.29, 1.82) is 0 Å². The Balaban J connectivity index is 1.83. The van der Waals surface area contributed by atoms with Crippen LogP contribution in [-0.4, -0.2) is 9.97 Å². The lowest BCUT2D eigenvalue weighted by molar-refractivity contribution is 0.685. The Morgan fingerprint density at radius 3 is 2.70 bits per heavy atom. The van der Waals surface area contributed by atoms with E-state index in [2.05, 4.69) is 38.0 Å². The Morgan fingerprint density at radius 2 is 1.90 bits per heavy atom. The van der Waals surface area contributed by atoms with Gasteiger partial charge in [0.25, 0.3) is 0 Å². The molecule has 0 fully saturated rings.